The van der Waals surface area contributed by atoms with Gasteiger partial charge in [0.2, 0.25) is 0 Å². The summed E-state index contributed by atoms with van der Waals surface area (Å²) in [5.41, 5.74) is 1.68. The van der Waals surface area contributed by atoms with E-state index in [0.29, 0.717) is 10.6 Å². The molecule has 0 atom stereocenters. The Morgan fingerprint density at radius 3 is 2.62 bits per heavy atom. The molecule has 0 bridgehead atoms. The number of amides is 2. The number of esters is 1. The van der Waals surface area contributed by atoms with Crippen molar-refractivity contribution in [1.29, 1.82) is 5.26 Å². The van der Waals surface area contributed by atoms with Crippen LogP contribution in [0.2, 0.25) is 0 Å². The number of fused-ring (bicyclic) bond motifs is 1. The summed E-state index contributed by atoms with van der Waals surface area (Å²) in [6.45, 7) is -0.959. The number of nitrogens with zero attached hydrogens (tertiary/aromatic N) is 1. The predicted molar refractivity (Wildman–Crippen MR) is 104 cm³/mol. The molecule has 0 saturated heterocycles. The lowest BCUT2D eigenvalue weighted by Gasteiger charge is -2.09. The first-order valence-corrected chi connectivity index (χ1v) is 9.83. The summed E-state index contributed by atoms with van der Waals surface area (Å²) >= 11 is 1.38. The summed E-state index contributed by atoms with van der Waals surface area (Å²) in [7, 11) is 0. The second-order valence-corrected chi connectivity index (χ2v) is 7.53. The Morgan fingerprint density at radius 1 is 1.17 bits per heavy atom. The van der Waals surface area contributed by atoms with Crippen LogP contribution in [0.5, 0.6) is 0 Å². The molecule has 0 aliphatic heterocycles. The zero-order valence-electron chi connectivity index (χ0n) is 15.4. The van der Waals surface area contributed by atoms with Gasteiger partial charge in [0.15, 0.2) is 6.61 Å². The molecule has 1 aliphatic carbocycles. The van der Waals surface area contributed by atoms with Gasteiger partial charge in [-0.2, -0.15) is 5.26 Å². The number of hydrogen-bond acceptors (Lipinski definition) is 6. The normalized spacial score (nSPS) is 12.4. The Bertz CT molecular complexity index is 979. The zero-order chi connectivity index (χ0) is 20.8. The molecule has 9 heteroatoms. The number of thiophene rings is 1. The fourth-order valence-corrected chi connectivity index (χ4v) is 4.24. The van der Waals surface area contributed by atoms with E-state index in [-0.39, 0.29) is 5.56 Å². The molecule has 7 nitrogen and oxygen atoms in total. The minimum atomic E-state index is -0.790. The van der Waals surface area contributed by atoms with E-state index >= 15 is 0 Å². The largest absolute Gasteiger partial charge is 0.454 e. The SMILES string of the molecule is N#Cc1c(NC(=O)COC(=O)CNC(=O)c2ccc(F)cc2)sc2c1CCCC2. The lowest BCUT2D eigenvalue weighted by atomic mass is 9.96. The summed E-state index contributed by atoms with van der Waals surface area (Å²) < 4.78 is 17.7. The highest BCUT2D eigenvalue weighted by atomic mass is 32.1. The number of hydrogen-bond donors (Lipinski definition) is 2. The Morgan fingerprint density at radius 2 is 1.90 bits per heavy atom. The van der Waals surface area contributed by atoms with E-state index < -0.39 is 36.8 Å². The van der Waals surface area contributed by atoms with Crippen molar-refractivity contribution in [2.24, 2.45) is 0 Å². The quantitative estimate of drug-likeness (QED) is 0.705. The van der Waals surface area contributed by atoms with Crippen molar-refractivity contribution < 1.29 is 23.5 Å². The summed E-state index contributed by atoms with van der Waals surface area (Å²) in [4.78, 5) is 36.8. The van der Waals surface area contributed by atoms with E-state index in [9.17, 15) is 24.0 Å². The summed E-state index contributed by atoms with van der Waals surface area (Å²) in [5.74, 6) is -2.38. The molecular weight excluding hydrogens is 397 g/mol. The van der Waals surface area contributed by atoms with Gasteiger partial charge in [0.25, 0.3) is 11.8 Å². The second kappa shape index (κ2) is 9.30. The summed E-state index contributed by atoms with van der Waals surface area (Å²) in [6, 6.07) is 6.99. The van der Waals surface area contributed by atoms with Crippen molar-refractivity contribution in [3.63, 3.8) is 0 Å². The van der Waals surface area contributed by atoms with Gasteiger partial charge in [-0.25, -0.2) is 4.39 Å². The van der Waals surface area contributed by atoms with Gasteiger partial charge in [-0.15, -0.1) is 11.3 Å². The van der Waals surface area contributed by atoms with E-state index in [4.69, 9.17) is 4.74 Å². The molecule has 29 heavy (non-hydrogen) atoms. The zero-order valence-corrected chi connectivity index (χ0v) is 16.2. The second-order valence-electron chi connectivity index (χ2n) is 6.43. The van der Waals surface area contributed by atoms with Gasteiger partial charge in [-0.3, -0.25) is 14.4 Å². The van der Waals surface area contributed by atoms with E-state index in [1.54, 1.807) is 0 Å². The van der Waals surface area contributed by atoms with Gasteiger partial charge in [0.1, 0.15) is 23.4 Å². The van der Waals surface area contributed by atoms with Gasteiger partial charge in [-0.05, 0) is 55.5 Å². The predicted octanol–water partition coefficient (Wildman–Crippen LogP) is 2.55. The Hall–Kier alpha value is -3.25. The fraction of sp³-hybridized carbons (Fsp3) is 0.300. The molecule has 0 spiro atoms. The molecule has 0 unspecified atom stereocenters. The van der Waals surface area contributed by atoms with Crippen LogP contribution in [0.25, 0.3) is 0 Å². The maximum absolute atomic E-state index is 12.9. The highest BCUT2D eigenvalue weighted by molar-refractivity contribution is 7.16. The monoisotopic (exact) mass is 415 g/mol. The molecular formula is C20H18FN3O4S. The number of benzene rings is 1. The molecule has 2 amide bonds. The van der Waals surface area contributed by atoms with Crippen LogP contribution in [0.1, 0.15) is 39.2 Å². The number of anilines is 1. The Balaban J connectivity index is 1.46. The van der Waals surface area contributed by atoms with Crippen LogP contribution in [-0.2, 0) is 27.2 Å². The van der Waals surface area contributed by atoms with Crippen LogP contribution in [0, 0.1) is 17.1 Å². The van der Waals surface area contributed by atoms with Crippen molar-refractivity contribution in [2.45, 2.75) is 25.7 Å². The third-order valence-electron chi connectivity index (χ3n) is 4.40. The van der Waals surface area contributed by atoms with Crippen LogP contribution in [0.15, 0.2) is 24.3 Å². The van der Waals surface area contributed by atoms with Crippen molar-refractivity contribution in [3.05, 3.63) is 51.7 Å². The molecule has 2 N–H and O–H groups in total. The number of nitrogens with one attached hydrogen (secondary N) is 2. The maximum Gasteiger partial charge on any atom is 0.325 e. The smallest absolute Gasteiger partial charge is 0.325 e. The minimum Gasteiger partial charge on any atom is -0.454 e. The molecule has 3 rings (SSSR count). The molecule has 1 aromatic carbocycles. The third-order valence-corrected chi connectivity index (χ3v) is 5.61. The lowest BCUT2D eigenvalue weighted by Crippen LogP contribution is -2.32. The molecule has 150 valence electrons. The lowest BCUT2D eigenvalue weighted by molar-refractivity contribution is -0.146. The third kappa shape index (κ3) is 5.18. The van der Waals surface area contributed by atoms with Crippen molar-refractivity contribution in [2.75, 3.05) is 18.5 Å². The molecule has 1 aliphatic rings. The van der Waals surface area contributed by atoms with Crippen LogP contribution in [-0.4, -0.2) is 30.9 Å². The number of rotatable bonds is 6. The van der Waals surface area contributed by atoms with E-state index in [2.05, 4.69) is 16.7 Å². The van der Waals surface area contributed by atoms with Crippen LogP contribution < -0.4 is 10.6 Å². The first-order chi connectivity index (χ1) is 14.0. The summed E-state index contributed by atoms with van der Waals surface area (Å²) in [6.07, 6.45) is 3.81. The average Bonchev–Trinajstić information content (AvgIpc) is 3.07. The maximum atomic E-state index is 12.9. The number of carbonyl (C=O) groups excluding carboxylic acids is 3. The van der Waals surface area contributed by atoms with Gasteiger partial charge in [0.05, 0.1) is 5.56 Å². The van der Waals surface area contributed by atoms with Crippen molar-refractivity contribution >= 4 is 34.1 Å². The number of halogens is 1. The van der Waals surface area contributed by atoms with Crippen molar-refractivity contribution in [1.82, 2.24) is 5.32 Å². The van der Waals surface area contributed by atoms with Gasteiger partial charge in [-0.1, -0.05) is 0 Å². The fourth-order valence-electron chi connectivity index (χ4n) is 2.99. The first-order valence-electron chi connectivity index (χ1n) is 9.02. The van der Waals surface area contributed by atoms with Crippen molar-refractivity contribution in [3.8, 4) is 6.07 Å². The van der Waals surface area contributed by atoms with Gasteiger partial charge < -0.3 is 15.4 Å². The van der Waals surface area contributed by atoms with Crippen LogP contribution >= 0.6 is 11.3 Å². The molecule has 1 aromatic heterocycles. The van der Waals surface area contributed by atoms with Crippen LogP contribution in [0.4, 0.5) is 9.39 Å². The van der Waals surface area contributed by atoms with Gasteiger partial charge in [0, 0.05) is 10.4 Å². The standard InChI is InChI=1S/C20H18FN3O4S/c21-13-7-5-12(6-8-13)19(27)23-10-18(26)28-11-17(25)24-20-15(9-22)14-3-1-2-4-16(14)29-20/h5-8H,1-4,10-11H2,(H,23,27)(H,24,25). The number of ether oxygens (including phenoxy) is 1. The average molecular weight is 415 g/mol. The van der Waals surface area contributed by atoms with E-state index in [1.165, 1.54) is 23.5 Å². The van der Waals surface area contributed by atoms with E-state index in [1.807, 2.05) is 0 Å². The Labute approximate surface area is 170 Å². The topological polar surface area (TPSA) is 108 Å². The highest BCUT2D eigenvalue weighted by Gasteiger charge is 2.22. The van der Waals surface area contributed by atoms with Crippen LogP contribution in [0.3, 0.4) is 0 Å². The summed E-state index contributed by atoms with van der Waals surface area (Å²) in [5, 5.41) is 14.8. The molecule has 1 heterocycles. The molecule has 2 aromatic rings. The molecule has 0 saturated carbocycles. The minimum absolute atomic E-state index is 0.197. The Kier molecular flexibility index (Phi) is 6.57. The molecule has 0 radical (unpaired) electrons. The van der Waals surface area contributed by atoms with E-state index in [0.717, 1.165) is 48.3 Å². The number of nitriles is 1. The highest BCUT2D eigenvalue weighted by Crippen LogP contribution is 2.37. The first kappa shape index (κ1) is 20.5. The van der Waals surface area contributed by atoms with Gasteiger partial charge >= 0.3 is 5.97 Å². The number of carbonyl (C=O) groups is 3. The number of aryl methyl sites for hydroxylation is 1. The molecule has 0 fully saturated rings.